The lowest BCUT2D eigenvalue weighted by atomic mass is 9.89. The van der Waals surface area contributed by atoms with Gasteiger partial charge >= 0.3 is 0 Å². The number of nitrogens with zero attached hydrogens (tertiary/aromatic N) is 9. The van der Waals surface area contributed by atoms with E-state index in [-0.39, 0.29) is 35.7 Å². The molecule has 1 unspecified atom stereocenters. The molecular formula is C45H45N9O2S2. The molecule has 0 bridgehead atoms. The first-order chi connectivity index (χ1) is 28.5. The monoisotopic (exact) mass is 807 g/mol. The Kier molecular flexibility index (Phi) is 9.99. The summed E-state index contributed by atoms with van der Waals surface area (Å²) in [5, 5.41) is 10.3. The van der Waals surface area contributed by atoms with Gasteiger partial charge in [0, 0.05) is 69.4 Å². The van der Waals surface area contributed by atoms with Crippen LogP contribution in [0.1, 0.15) is 66.1 Å². The maximum Gasteiger partial charge on any atom is 0.226 e. The average molecular weight is 808 g/mol. The predicted molar refractivity (Wildman–Crippen MR) is 228 cm³/mol. The van der Waals surface area contributed by atoms with Crippen LogP contribution in [0.2, 0.25) is 0 Å². The van der Waals surface area contributed by atoms with E-state index in [9.17, 15) is 14.9 Å². The predicted octanol–water partition coefficient (Wildman–Crippen LogP) is 7.28. The second kappa shape index (κ2) is 15.7. The number of rotatable bonds is 11. The van der Waals surface area contributed by atoms with Gasteiger partial charge in [-0.3, -0.25) is 14.6 Å². The number of pyridine rings is 2. The number of carbonyl (C=O) groups excluding carboxylic acids is 2. The van der Waals surface area contributed by atoms with Crippen LogP contribution in [-0.2, 0) is 16.0 Å². The molecule has 5 atom stereocenters. The van der Waals surface area contributed by atoms with E-state index in [1.54, 1.807) is 35.1 Å². The smallest absolute Gasteiger partial charge is 0.226 e. The van der Waals surface area contributed by atoms with Gasteiger partial charge < -0.3 is 19.6 Å². The van der Waals surface area contributed by atoms with Crippen molar-refractivity contribution in [2.24, 2.45) is 11.8 Å². The van der Waals surface area contributed by atoms with Crippen LogP contribution in [0.25, 0.3) is 20.4 Å². The van der Waals surface area contributed by atoms with Gasteiger partial charge in [0.2, 0.25) is 11.8 Å². The number of benzene rings is 2. The van der Waals surface area contributed by atoms with E-state index in [1.807, 2.05) is 29.9 Å². The molecular weight excluding hydrogens is 763 g/mol. The fraction of sp³-hybridized carbons (Fsp3) is 0.400. The van der Waals surface area contributed by atoms with Crippen molar-refractivity contribution < 1.29 is 9.59 Å². The number of nitriles is 1. The molecule has 6 aromatic rings. The molecule has 10 rings (SSSR count). The Morgan fingerprint density at radius 1 is 0.793 bits per heavy atom. The van der Waals surface area contributed by atoms with E-state index in [4.69, 9.17) is 4.98 Å². The number of aromatic nitrogens is 4. The summed E-state index contributed by atoms with van der Waals surface area (Å²) in [6, 6.07) is 23.3. The fourth-order valence-corrected chi connectivity index (χ4v) is 12.1. The number of thiazole rings is 2. The zero-order chi connectivity index (χ0) is 39.2. The number of carbonyl (C=O) groups is 2. The molecule has 294 valence electrons. The number of aryl methyl sites for hydroxylation is 1. The molecule has 4 saturated heterocycles. The molecule has 0 saturated carbocycles. The van der Waals surface area contributed by atoms with Crippen LogP contribution in [0.15, 0.2) is 84.8 Å². The molecule has 4 fully saturated rings. The number of hydrogen-bond acceptors (Lipinski definition) is 11. The largest absolute Gasteiger partial charge is 0.366 e. The lowest BCUT2D eigenvalue weighted by molar-refractivity contribution is -0.133. The fourth-order valence-electron chi connectivity index (χ4n) is 10.00. The summed E-state index contributed by atoms with van der Waals surface area (Å²) in [5.74, 6) is 1.53. The molecule has 8 heterocycles. The van der Waals surface area contributed by atoms with Crippen molar-refractivity contribution >= 4 is 66.4 Å². The van der Waals surface area contributed by atoms with Crippen molar-refractivity contribution in [2.45, 2.75) is 62.9 Å². The van der Waals surface area contributed by atoms with Gasteiger partial charge in [0.05, 0.1) is 55.5 Å². The third kappa shape index (κ3) is 6.96. The zero-order valence-electron chi connectivity index (χ0n) is 32.3. The van der Waals surface area contributed by atoms with Gasteiger partial charge in [0.15, 0.2) is 0 Å². The summed E-state index contributed by atoms with van der Waals surface area (Å²) in [4.78, 5) is 55.0. The highest BCUT2D eigenvalue weighted by molar-refractivity contribution is 7.19. The van der Waals surface area contributed by atoms with Crippen molar-refractivity contribution in [3.63, 3.8) is 0 Å². The standard InChI is InChI=1S/C45H45N9O2S2/c46-23-29-12-15-40(48-24-29)52-18-20-54-35(27-52)22-32(45(54)56)13-14-37(36-9-3-10-38-42(36)57-28-49-38)43-50-39-11-2-6-30(41(39)58-43)5-1-7-31-21-34-26-51(17-19-53(34)44(31)55)33-8-4-16-47-25-33/h2-4,6,8-12,15-16,24-25,28,31-32,34-35,37H,1,5,7,13-14,17-22,26-27H2/t31-,32-,34-,35-,37?/m0/s1. The Bertz CT molecular complexity index is 2500. The van der Waals surface area contributed by atoms with Crippen LogP contribution in [-0.4, -0.2) is 92.9 Å². The van der Waals surface area contributed by atoms with E-state index >= 15 is 0 Å². The first kappa shape index (κ1) is 36.9. The highest BCUT2D eigenvalue weighted by atomic mass is 32.1. The molecule has 0 radical (unpaired) electrons. The minimum Gasteiger partial charge on any atom is -0.366 e. The minimum atomic E-state index is -0.0381. The second-order valence-electron chi connectivity index (χ2n) is 16.2. The Morgan fingerprint density at radius 3 is 2.34 bits per heavy atom. The highest BCUT2D eigenvalue weighted by Gasteiger charge is 2.43. The van der Waals surface area contributed by atoms with Gasteiger partial charge in [0.1, 0.15) is 16.9 Å². The molecule has 11 nitrogen and oxygen atoms in total. The molecule has 0 N–H and O–H groups in total. The van der Waals surface area contributed by atoms with Gasteiger partial charge in [0.25, 0.3) is 0 Å². The van der Waals surface area contributed by atoms with E-state index in [0.29, 0.717) is 18.0 Å². The lowest BCUT2D eigenvalue weighted by Crippen LogP contribution is -2.51. The number of anilines is 2. The topological polar surface area (TPSA) is 122 Å². The zero-order valence-corrected chi connectivity index (χ0v) is 34.0. The molecule has 0 spiro atoms. The first-order valence-electron chi connectivity index (χ1n) is 20.6. The van der Waals surface area contributed by atoms with Gasteiger partial charge in [-0.25, -0.2) is 15.0 Å². The summed E-state index contributed by atoms with van der Waals surface area (Å²) < 4.78 is 2.42. The summed E-state index contributed by atoms with van der Waals surface area (Å²) in [7, 11) is 0. The molecule has 13 heteroatoms. The first-order valence-corrected chi connectivity index (χ1v) is 22.3. The molecule has 4 aromatic heterocycles. The average Bonchev–Trinajstić information content (AvgIpc) is 4.06. The van der Waals surface area contributed by atoms with Crippen molar-refractivity contribution in [2.75, 3.05) is 49.1 Å². The van der Waals surface area contributed by atoms with Crippen LogP contribution in [0, 0.1) is 23.2 Å². The summed E-state index contributed by atoms with van der Waals surface area (Å²) >= 11 is 3.47. The Labute approximate surface area is 346 Å². The van der Waals surface area contributed by atoms with Gasteiger partial charge in [-0.15, -0.1) is 22.7 Å². The summed E-state index contributed by atoms with van der Waals surface area (Å²) in [5.41, 5.74) is 8.17. The van der Waals surface area contributed by atoms with Crippen LogP contribution in [0.3, 0.4) is 0 Å². The number of hydrogen-bond donors (Lipinski definition) is 0. The maximum atomic E-state index is 13.9. The Morgan fingerprint density at radius 2 is 1.57 bits per heavy atom. The third-order valence-electron chi connectivity index (χ3n) is 12.9. The molecule has 2 amide bonds. The molecule has 2 aromatic carbocycles. The maximum absolute atomic E-state index is 13.9. The van der Waals surface area contributed by atoms with Gasteiger partial charge in [-0.05, 0) is 92.5 Å². The Balaban J connectivity index is 0.835. The number of amides is 2. The van der Waals surface area contributed by atoms with E-state index in [2.05, 4.69) is 83.1 Å². The molecule has 4 aliphatic rings. The van der Waals surface area contributed by atoms with E-state index in [1.165, 1.54) is 20.5 Å². The molecule has 0 aliphatic carbocycles. The summed E-state index contributed by atoms with van der Waals surface area (Å²) in [6.45, 7) is 4.67. The normalized spacial score (nSPS) is 22.5. The summed E-state index contributed by atoms with van der Waals surface area (Å²) in [6.07, 6.45) is 11.5. The highest BCUT2D eigenvalue weighted by Crippen LogP contribution is 2.43. The van der Waals surface area contributed by atoms with E-state index in [0.717, 1.165) is 105 Å². The molecule has 4 aliphatic heterocycles. The lowest BCUT2D eigenvalue weighted by Gasteiger charge is -2.38. The molecule has 58 heavy (non-hydrogen) atoms. The van der Waals surface area contributed by atoms with Crippen molar-refractivity contribution in [3.8, 4) is 6.07 Å². The van der Waals surface area contributed by atoms with Crippen molar-refractivity contribution in [1.82, 2.24) is 29.7 Å². The van der Waals surface area contributed by atoms with E-state index < -0.39 is 0 Å². The van der Waals surface area contributed by atoms with Crippen LogP contribution >= 0.6 is 22.7 Å². The second-order valence-corrected chi connectivity index (χ2v) is 18.1. The third-order valence-corrected chi connectivity index (χ3v) is 15.1. The minimum absolute atomic E-state index is 0.0381. The van der Waals surface area contributed by atoms with Gasteiger partial charge in [-0.2, -0.15) is 5.26 Å². The number of fused-ring (bicyclic) bond motifs is 4. The van der Waals surface area contributed by atoms with Crippen molar-refractivity contribution in [3.05, 3.63) is 106 Å². The Hall–Kier alpha value is -5.45. The van der Waals surface area contributed by atoms with Crippen molar-refractivity contribution in [1.29, 1.82) is 5.26 Å². The van der Waals surface area contributed by atoms with Crippen LogP contribution in [0.4, 0.5) is 11.5 Å². The number of piperazine rings is 2. The van der Waals surface area contributed by atoms with Crippen LogP contribution in [0.5, 0.6) is 0 Å². The van der Waals surface area contributed by atoms with Gasteiger partial charge in [-0.1, -0.05) is 24.3 Å². The van der Waals surface area contributed by atoms with Crippen LogP contribution < -0.4 is 9.80 Å². The quantitative estimate of drug-likeness (QED) is 0.133. The SMILES string of the molecule is N#Cc1ccc(N2CCN3C(=O)[C@@H](CCC(c4nc5cccc(CCC[C@H]6C[C@H]7CN(c8cccnc8)CCN7C6=O)c5s4)c4cccc5ncsc45)C[C@H]3C2)nc1.